The van der Waals surface area contributed by atoms with Crippen LogP contribution in [0.1, 0.15) is 32.5 Å². The van der Waals surface area contributed by atoms with E-state index in [1.165, 1.54) is 18.4 Å². The zero-order valence-corrected chi connectivity index (χ0v) is 16.5. The summed E-state index contributed by atoms with van der Waals surface area (Å²) in [5.41, 5.74) is 3.48. The molecule has 2 N–H and O–H groups in total. The lowest BCUT2D eigenvalue weighted by atomic mass is 10.1. The number of nitrogens with zero attached hydrogens (tertiary/aromatic N) is 2. The van der Waals surface area contributed by atoms with Crippen LogP contribution in [0.3, 0.4) is 0 Å². The van der Waals surface area contributed by atoms with Crippen molar-refractivity contribution in [2.24, 2.45) is 0 Å². The molecule has 0 bridgehead atoms. The van der Waals surface area contributed by atoms with Gasteiger partial charge in [-0.25, -0.2) is 4.79 Å². The third-order valence-corrected chi connectivity index (χ3v) is 4.92. The molecule has 0 saturated heterocycles. The number of rotatable bonds is 6. The average Bonchev–Trinajstić information content (AvgIpc) is 3.15. The average molecular weight is 396 g/mol. The molecule has 0 spiro atoms. The van der Waals surface area contributed by atoms with Crippen molar-refractivity contribution in [3.05, 3.63) is 70.2 Å². The van der Waals surface area contributed by atoms with E-state index in [1.807, 2.05) is 50.2 Å². The molecule has 144 valence electrons. The molecule has 1 heterocycles. The molecule has 7 nitrogen and oxygen atoms in total. The molecule has 0 aliphatic carbocycles. The summed E-state index contributed by atoms with van der Waals surface area (Å²) in [6.45, 7) is 3.94. The van der Waals surface area contributed by atoms with Gasteiger partial charge in [0.05, 0.1) is 7.11 Å². The Bertz CT molecular complexity index is 968. The number of ether oxygens (including phenoxy) is 1. The number of nitrogens with one attached hydrogen (secondary N) is 2. The number of carbonyl (C=O) groups is 2. The lowest BCUT2D eigenvalue weighted by molar-refractivity contribution is -0.143. The van der Waals surface area contributed by atoms with Gasteiger partial charge in [0.2, 0.25) is 5.13 Å². The van der Waals surface area contributed by atoms with Gasteiger partial charge in [-0.05, 0) is 38.1 Å². The second-order valence-corrected chi connectivity index (χ2v) is 7.24. The van der Waals surface area contributed by atoms with Crippen LogP contribution < -0.4 is 10.6 Å². The molecule has 0 unspecified atom stereocenters. The molecule has 3 aromatic rings. The summed E-state index contributed by atoms with van der Waals surface area (Å²) in [7, 11) is 1.26. The summed E-state index contributed by atoms with van der Waals surface area (Å²) in [4.78, 5) is 24.7. The van der Waals surface area contributed by atoms with E-state index in [2.05, 4.69) is 20.8 Å². The second kappa shape index (κ2) is 8.62. The van der Waals surface area contributed by atoms with Crippen molar-refractivity contribution in [2.45, 2.75) is 19.9 Å². The number of aromatic nitrogens is 2. The molecule has 1 amide bonds. The highest BCUT2D eigenvalue weighted by atomic mass is 32.1. The molecule has 1 atom stereocenters. The van der Waals surface area contributed by atoms with Gasteiger partial charge in [-0.1, -0.05) is 46.7 Å². The van der Waals surface area contributed by atoms with Crippen LogP contribution in [0.25, 0.3) is 0 Å². The van der Waals surface area contributed by atoms with Crippen LogP contribution in [0, 0.1) is 13.8 Å². The van der Waals surface area contributed by atoms with E-state index in [9.17, 15) is 9.59 Å². The van der Waals surface area contributed by atoms with E-state index in [0.29, 0.717) is 15.7 Å². The molecular formula is C20H20N4O3S. The summed E-state index contributed by atoms with van der Waals surface area (Å²) in [5.74, 6) is -1.00. The fourth-order valence-corrected chi connectivity index (χ4v) is 3.22. The molecule has 0 aliphatic heterocycles. The highest BCUT2D eigenvalue weighted by Gasteiger charge is 2.28. The maximum Gasteiger partial charge on any atom is 0.335 e. The van der Waals surface area contributed by atoms with Gasteiger partial charge in [0.15, 0.2) is 11.0 Å². The summed E-state index contributed by atoms with van der Waals surface area (Å²) in [6, 6.07) is 13.8. The molecule has 0 aliphatic rings. The Morgan fingerprint density at radius 2 is 1.57 bits per heavy atom. The zero-order chi connectivity index (χ0) is 20.1. The Hall–Kier alpha value is -3.26. The number of methoxy groups -OCH3 is 1. The van der Waals surface area contributed by atoms with E-state index in [-0.39, 0.29) is 0 Å². The van der Waals surface area contributed by atoms with Crippen LogP contribution in [0.4, 0.5) is 10.8 Å². The summed E-state index contributed by atoms with van der Waals surface area (Å²) in [5, 5.41) is 14.8. The normalized spacial score (nSPS) is 11.5. The van der Waals surface area contributed by atoms with E-state index in [1.54, 1.807) is 12.1 Å². The molecule has 1 aromatic heterocycles. The molecule has 28 heavy (non-hydrogen) atoms. The van der Waals surface area contributed by atoms with Crippen molar-refractivity contribution in [3.8, 4) is 0 Å². The summed E-state index contributed by atoms with van der Waals surface area (Å²) < 4.78 is 4.83. The lowest BCUT2D eigenvalue weighted by Crippen LogP contribution is -2.34. The van der Waals surface area contributed by atoms with Crippen LogP contribution in [-0.4, -0.2) is 29.2 Å². The molecule has 0 fully saturated rings. The topological polar surface area (TPSA) is 93.2 Å². The van der Waals surface area contributed by atoms with Gasteiger partial charge >= 0.3 is 5.97 Å². The third kappa shape index (κ3) is 4.72. The van der Waals surface area contributed by atoms with Crippen molar-refractivity contribution < 1.29 is 14.3 Å². The number of anilines is 2. The van der Waals surface area contributed by atoms with E-state index in [4.69, 9.17) is 4.74 Å². The number of aryl methyl sites for hydroxylation is 2. The van der Waals surface area contributed by atoms with Crippen LogP contribution in [0.15, 0.2) is 48.5 Å². The molecule has 3 rings (SSSR count). The minimum Gasteiger partial charge on any atom is -0.467 e. The second-order valence-electron chi connectivity index (χ2n) is 6.23. The first-order chi connectivity index (χ1) is 13.5. The number of benzene rings is 2. The Balaban J connectivity index is 1.77. The van der Waals surface area contributed by atoms with Crippen LogP contribution >= 0.6 is 11.3 Å². The van der Waals surface area contributed by atoms with Crippen LogP contribution in [0.2, 0.25) is 0 Å². The number of esters is 1. The number of hydrogen-bond donors (Lipinski definition) is 2. The zero-order valence-electron chi connectivity index (χ0n) is 15.7. The predicted molar refractivity (Wildman–Crippen MR) is 108 cm³/mol. The molecule has 0 radical (unpaired) electrons. The smallest absolute Gasteiger partial charge is 0.335 e. The monoisotopic (exact) mass is 396 g/mol. The first-order valence-corrected chi connectivity index (χ1v) is 9.40. The minimum atomic E-state index is -1.04. The standard InChI is InChI=1S/C20H20N4O3S/c1-12-4-8-14(9-5-12)17(25)22-16(19(26)27-3)18-23-24-20(28-18)21-15-10-6-13(2)7-11-15/h4-11,16H,1-3H3,(H,21,24)(H,22,25)/t16-/m0/s1. The van der Waals surface area contributed by atoms with Gasteiger partial charge in [-0.2, -0.15) is 0 Å². The largest absolute Gasteiger partial charge is 0.467 e. The Morgan fingerprint density at radius 1 is 0.964 bits per heavy atom. The summed E-state index contributed by atoms with van der Waals surface area (Å²) >= 11 is 1.17. The summed E-state index contributed by atoms with van der Waals surface area (Å²) in [6.07, 6.45) is 0. The number of carbonyl (C=O) groups excluding carboxylic acids is 2. The van der Waals surface area contributed by atoms with Gasteiger partial charge in [-0.15, -0.1) is 10.2 Å². The Morgan fingerprint density at radius 3 is 2.18 bits per heavy atom. The van der Waals surface area contributed by atoms with Gasteiger partial charge in [0, 0.05) is 11.3 Å². The molecular weight excluding hydrogens is 376 g/mol. The first-order valence-electron chi connectivity index (χ1n) is 8.58. The van der Waals surface area contributed by atoms with E-state index >= 15 is 0 Å². The number of hydrogen-bond acceptors (Lipinski definition) is 7. The quantitative estimate of drug-likeness (QED) is 0.619. The SMILES string of the molecule is COC(=O)[C@@H](NC(=O)c1ccc(C)cc1)c1nnc(Nc2ccc(C)cc2)s1. The molecule has 8 heteroatoms. The fourth-order valence-electron chi connectivity index (χ4n) is 2.42. The fraction of sp³-hybridized carbons (Fsp3) is 0.200. The highest BCUT2D eigenvalue weighted by Crippen LogP contribution is 2.26. The van der Waals surface area contributed by atoms with E-state index < -0.39 is 17.9 Å². The van der Waals surface area contributed by atoms with Gasteiger partial charge in [0.25, 0.3) is 5.91 Å². The van der Waals surface area contributed by atoms with Crippen LogP contribution in [0.5, 0.6) is 0 Å². The maximum atomic E-state index is 12.5. The van der Waals surface area contributed by atoms with Crippen molar-refractivity contribution in [2.75, 3.05) is 12.4 Å². The Kier molecular flexibility index (Phi) is 6.00. The lowest BCUT2D eigenvalue weighted by Gasteiger charge is -2.13. The van der Waals surface area contributed by atoms with E-state index in [0.717, 1.165) is 16.8 Å². The van der Waals surface area contributed by atoms with Crippen molar-refractivity contribution in [1.29, 1.82) is 0 Å². The third-order valence-electron chi connectivity index (χ3n) is 4.02. The molecule has 0 saturated carbocycles. The van der Waals surface area contributed by atoms with Crippen molar-refractivity contribution >= 4 is 34.0 Å². The first kappa shape index (κ1) is 19.5. The van der Waals surface area contributed by atoms with Gasteiger partial charge in [0.1, 0.15) is 0 Å². The van der Waals surface area contributed by atoms with Crippen LogP contribution in [-0.2, 0) is 9.53 Å². The molecule has 2 aromatic carbocycles. The predicted octanol–water partition coefficient (Wildman–Crippen LogP) is 3.54. The van der Waals surface area contributed by atoms with Crippen molar-refractivity contribution in [1.82, 2.24) is 15.5 Å². The maximum absolute atomic E-state index is 12.5. The van der Waals surface area contributed by atoms with Gasteiger partial charge < -0.3 is 15.4 Å². The van der Waals surface area contributed by atoms with Crippen molar-refractivity contribution in [3.63, 3.8) is 0 Å². The highest BCUT2D eigenvalue weighted by molar-refractivity contribution is 7.15. The van der Waals surface area contributed by atoms with Gasteiger partial charge in [-0.3, -0.25) is 4.79 Å². The minimum absolute atomic E-state index is 0.335. The number of amides is 1. The Labute approximate surface area is 166 Å².